The lowest BCUT2D eigenvalue weighted by Crippen LogP contribution is -2.37. The molecule has 0 aliphatic carbocycles. The predicted octanol–water partition coefficient (Wildman–Crippen LogP) is 3.54. The summed E-state index contributed by atoms with van der Waals surface area (Å²) in [6, 6.07) is 0. The first-order chi connectivity index (χ1) is 11.9. The van der Waals surface area contributed by atoms with Gasteiger partial charge in [-0.1, -0.05) is 18.6 Å². The summed E-state index contributed by atoms with van der Waals surface area (Å²) in [5, 5.41) is 3.02. The number of nitrogens with one attached hydrogen (secondary N) is 1. The lowest BCUT2D eigenvalue weighted by Gasteiger charge is -2.33. The van der Waals surface area contributed by atoms with Crippen molar-refractivity contribution >= 4 is 5.91 Å². The van der Waals surface area contributed by atoms with E-state index < -0.39 is 0 Å². The van der Waals surface area contributed by atoms with Crippen LogP contribution in [0.2, 0.25) is 0 Å². The predicted molar refractivity (Wildman–Crippen MR) is 108 cm³/mol. The topological polar surface area (TPSA) is 35.6 Å². The molecule has 25 heavy (non-hydrogen) atoms. The molecule has 4 heteroatoms. The second kappa shape index (κ2) is 12.5. The van der Waals surface area contributed by atoms with Crippen molar-refractivity contribution in [1.29, 1.82) is 0 Å². The largest absolute Gasteiger partial charge is 0.355 e. The average Bonchev–Trinajstić information content (AvgIpc) is 2.53. The van der Waals surface area contributed by atoms with Gasteiger partial charge in [-0.15, -0.1) is 0 Å². The number of carbonyl (C=O) groups is 1. The maximum absolute atomic E-state index is 11.9. The van der Waals surface area contributed by atoms with Gasteiger partial charge >= 0.3 is 0 Å². The fourth-order valence-electron chi connectivity index (χ4n) is 3.49. The SMILES string of the molecule is CC(C)=CCC[C@@H](C)CN1CCC(CCC(=O)NCCN(C)C)CC1. The molecule has 0 unspecified atom stereocenters. The molecule has 0 saturated carbocycles. The molecule has 1 amide bonds. The van der Waals surface area contributed by atoms with Gasteiger partial charge < -0.3 is 15.1 Å². The molecule has 0 radical (unpaired) electrons. The molecular formula is C21H41N3O. The van der Waals surface area contributed by atoms with E-state index in [9.17, 15) is 4.79 Å². The number of allylic oxidation sites excluding steroid dienone is 2. The third-order valence-electron chi connectivity index (χ3n) is 5.15. The first kappa shape index (κ1) is 22.2. The monoisotopic (exact) mass is 351 g/mol. The summed E-state index contributed by atoms with van der Waals surface area (Å²) in [7, 11) is 4.06. The van der Waals surface area contributed by atoms with Crippen LogP contribution in [0.5, 0.6) is 0 Å². The van der Waals surface area contributed by atoms with E-state index in [0.717, 1.165) is 31.3 Å². The zero-order valence-electron chi connectivity index (χ0n) is 17.3. The summed E-state index contributed by atoms with van der Waals surface area (Å²) >= 11 is 0. The third kappa shape index (κ3) is 11.4. The minimum absolute atomic E-state index is 0.220. The molecular weight excluding hydrogens is 310 g/mol. The Hall–Kier alpha value is -0.870. The van der Waals surface area contributed by atoms with E-state index in [1.807, 2.05) is 14.1 Å². The Morgan fingerprint density at radius 2 is 1.96 bits per heavy atom. The number of likely N-dealkylation sites (tertiary alicyclic amines) is 1. The van der Waals surface area contributed by atoms with Gasteiger partial charge in [-0.25, -0.2) is 0 Å². The highest BCUT2D eigenvalue weighted by Crippen LogP contribution is 2.23. The molecule has 1 aliphatic rings. The molecule has 1 heterocycles. The van der Waals surface area contributed by atoms with Crippen LogP contribution in [0.25, 0.3) is 0 Å². The molecule has 0 aromatic rings. The Kier molecular flexibility index (Phi) is 11.1. The fourth-order valence-corrected chi connectivity index (χ4v) is 3.49. The van der Waals surface area contributed by atoms with Crippen LogP contribution in [0.15, 0.2) is 11.6 Å². The van der Waals surface area contributed by atoms with Crippen molar-refractivity contribution in [1.82, 2.24) is 15.1 Å². The molecule has 4 nitrogen and oxygen atoms in total. The number of nitrogens with zero attached hydrogens (tertiary/aromatic N) is 2. The van der Waals surface area contributed by atoms with Gasteiger partial charge in [0.25, 0.3) is 0 Å². The van der Waals surface area contributed by atoms with Crippen molar-refractivity contribution in [3.05, 3.63) is 11.6 Å². The highest BCUT2D eigenvalue weighted by molar-refractivity contribution is 5.75. The van der Waals surface area contributed by atoms with E-state index in [1.54, 1.807) is 0 Å². The van der Waals surface area contributed by atoms with Crippen molar-refractivity contribution in [2.24, 2.45) is 11.8 Å². The summed E-state index contributed by atoms with van der Waals surface area (Å²) in [6.45, 7) is 12.1. The average molecular weight is 352 g/mol. The van der Waals surface area contributed by atoms with Gasteiger partial charge in [-0.2, -0.15) is 0 Å². The van der Waals surface area contributed by atoms with Crippen molar-refractivity contribution in [2.45, 2.75) is 59.3 Å². The molecule has 1 aliphatic heterocycles. The number of hydrogen-bond acceptors (Lipinski definition) is 3. The Morgan fingerprint density at radius 1 is 1.28 bits per heavy atom. The van der Waals surface area contributed by atoms with Gasteiger partial charge in [0.2, 0.25) is 5.91 Å². The quantitative estimate of drug-likeness (QED) is 0.578. The normalized spacial score (nSPS) is 17.5. The second-order valence-electron chi connectivity index (χ2n) is 8.40. The third-order valence-corrected chi connectivity index (χ3v) is 5.15. The van der Waals surface area contributed by atoms with Crippen LogP contribution in [0, 0.1) is 11.8 Å². The van der Waals surface area contributed by atoms with Gasteiger partial charge in [0.1, 0.15) is 0 Å². The minimum Gasteiger partial charge on any atom is -0.355 e. The van der Waals surface area contributed by atoms with Gasteiger partial charge in [0.05, 0.1) is 0 Å². The standard InChI is InChI=1S/C21H41N3O/c1-18(2)7-6-8-19(3)17-24-14-11-20(12-15-24)9-10-21(25)22-13-16-23(4)5/h7,19-20H,6,8-17H2,1-5H3,(H,22,25)/t19-/m1/s1. The van der Waals surface area contributed by atoms with Crippen LogP contribution < -0.4 is 5.32 Å². The van der Waals surface area contributed by atoms with Crippen LogP contribution in [-0.2, 0) is 4.79 Å². The van der Waals surface area contributed by atoms with Crippen molar-refractivity contribution in [2.75, 3.05) is 46.8 Å². The molecule has 1 rings (SSSR count). The molecule has 1 fully saturated rings. The van der Waals surface area contributed by atoms with Crippen LogP contribution >= 0.6 is 0 Å². The maximum atomic E-state index is 11.9. The number of rotatable bonds is 11. The first-order valence-electron chi connectivity index (χ1n) is 10.1. The number of likely N-dealkylation sites (N-methyl/N-ethyl adjacent to an activating group) is 1. The van der Waals surface area contributed by atoms with Crippen LogP contribution in [0.3, 0.4) is 0 Å². The molecule has 0 aromatic carbocycles. The van der Waals surface area contributed by atoms with Gasteiger partial charge in [-0.3, -0.25) is 4.79 Å². The lowest BCUT2D eigenvalue weighted by molar-refractivity contribution is -0.121. The second-order valence-corrected chi connectivity index (χ2v) is 8.40. The van der Waals surface area contributed by atoms with E-state index >= 15 is 0 Å². The number of carbonyl (C=O) groups excluding carboxylic acids is 1. The van der Waals surface area contributed by atoms with E-state index in [2.05, 4.69) is 42.0 Å². The van der Waals surface area contributed by atoms with Crippen molar-refractivity contribution in [3.63, 3.8) is 0 Å². The maximum Gasteiger partial charge on any atom is 0.220 e. The summed E-state index contributed by atoms with van der Waals surface area (Å²) in [5.41, 5.74) is 1.43. The van der Waals surface area contributed by atoms with Gasteiger partial charge in [-0.05, 0) is 85.0 Å². The number of piperidine rings is 1. The first-order valence-corrected chi connectivity index (χ1v) is 10.1. The van der Waals surface area contributed by atoms with E-state index in [4.69, 9.17) is 0 Å². The van der Waals surface area contributed by atoms with Gasteiger partial charge in [0.15, 0.2) is 0 Å². The zero-order chi connectivity index (χ0) is 18.7. The van der Waals surface area contributed by atoms with E-state index in [1.165, 1.54) is 50.9 Å². The molecule has 0 aromatic heterocycles. The fraction of sp³-hybridized carbons (Fsp3) is 0.857. The van der Waals surface area contributed by atoms with Crippen LogP contribution in [0.1, 0.15) is 59.3 Å². The van der Waals surface area contributed by atoms with Crippen molar-refractivity contribution < 1.29 is 4.79 Å². The Labute approximate surface area is 156 Å². The van der Waals surface area contributed by atoms with E-state index in [-0.39, 0.29) is 5.91 Å². The van der Waals surface area contributed by atoms with Crippen LogP contribution in [-0.4, -0.2) is 62.5 Å². The number of hydrogen-bond donors (Lipinski definition) is 1. The number of amides is 1. The molecule has 1 saturated heterocycles. The van der Waals surface area contributed by atoms with Crippen molar-refractivity contribution in [3.8, 4) is 0 Å². The van der Waals surface area contributed by atoms with Gasteiger partial charge in [0, 0.05) is 26.1 Å². The highest BCUT2D eigenvalue weighted by atomic mass is 16.1. The highest BCUT2D eigenvalue weighted by Gasteiger charge is 2.20. The lowest BCUT2D eigenvalue weighted by atomic mass is 9.91. The Bertz CT molecular complexity index is 394. The Morgan fingerprint density at radius 3 is 2.56 bits per heavy atom. The molecule has 0 spiro atoms. The van der Waals surface area contributed by atoms with Crippen LogP contribution in [0.4, 0.5) is 0 Å². The molecule has 1 N–H and O–H groups in total. The van der Waals surface area contributed by atoms with E-state index in [0.29, 0.717) is 6.42 Å². The summed E-state index contributed by atoms with van der Waals surface area (Å²) in [4.78, 5) is 16.6. The summed E-state index contributed by atoms with van der Waals surface area (Å²) in [6.07, 6.45) is 9.11. The minimum atomic E-state index is 0.220. The summed E-state index contributed by atoms with van der Waals surface area (Å²) < 4.78 is 0. The smallest absolute Gasteiger partial charge is 0.220 e. The molecule has 146 valence electrons. The molecule has 1 atom stereocenters. The Balaban J connectivity index is 2.11. The summed E-state index contributed by atoms with van der Waals surface area (Å²) in [5.74, 6) is 1.73. The molecule has 0 bridgehead atoms. The zero-order valence-corrected chi connectivity index (χ0v) is 17.3.